The number of benzene rings is 1. The first-order valence-corrected chi connectivity index (χ1v) is 6.36. The third-order valence-electron chi connectivity index (χ3n) is 3.62. The van der Waals surface area contributed by atoms with Crippen LogP contribution in [0, 0.1) is 17.7 Å². The lowest BCUT2D eigenvalue weighted by atomic mass is 9.99. The molecule has 2 atom stereocenters. The van der Waals surface area contributed by atoms with Gasteiger partial charge in [-0.3, -0.25) is 9.59 Å². The van der Waals surface area contributed by atoms with Crippen molar-refractivity contribution in [2.75, 3.05) is 25.9 Å². The summed E-state index contributed by atoms with van der Waals surface area (Å²) in [5, 5.41) is 0. The van der Waals surface area contributed by atoms with Gasteiger partial charge >= 0.3 is 5.97 Å². The topological polar surface area (TPSA) is 72.6 Å². The number of amides is 1. The Bertz CT molecular complexity index is 547. The third-order valence-corrected chi connectivity index (χ3v) is 3.62. The highest BCUT2D eigenvalue weighted by Crippen LogP contribution is 2.26. The van der Waals surface area contributed by atoms with Crippen molar-refractivity contribution in [1.82, 2.24) is 4.90 Å². The van der Waals surface area contributed by atoms with Gasteiger partial charge < -0.3 is 15.4 Å². The van der Waals surface area contributed by atoms with E-state index >= 15 is 0 Å². The molecule has 1 aromatic rings. The van der Waals surface area contributed by atoms with Crippen molar-refractivity contribution in [3.63, 3.8) is 0 Å². The fraction of sp³-hybridized carbons (Fsp3) is 0.429. The number of nitrogens with two attached hydrogens (primary N) is 1. The summed E-state index contributed by atoms with van der Waals surface area (Å²) in [7, 11) is 1.32. The average Bonchev–Trinajstić information content (AvgIpc) is 2.82. The molecule has 5 nitrogen and oxygen atoms in total. The van der Waals surface area contributed by atoms with Crippen LogP contribution in [0.5, 0.6) is 0 Å². The summed E-state index contributed by atoms with van der Waals surface area (Å²) in [4.78, 5) is 25.4. The number of ether oxygens (including phenoxy) is 1. The number of esters is 1. The van der Waals surface area contributed by atoms with E-state index in [9.17, 15) is 14.0 Å². The number of halogens is 1. The second-order valence-corrected chi connectivity index (χ2v) is 5.06. The van der Waals surface area contributed by atoms with Crippen LogP contribution < -0.4 is 5.73 Å². The van der Waals surface area contributed by atoms with E-state index in [4.69, 9.17) is 10.5 Å². The van der Waals surface area contributed by atoms with E-state index in [0.29, 0.717) is 12.2 Å². The number of methoxy groups -OCH3 is 1. The molecule has 2 rings (SSSR count). The molecule has 0 aliphatic carbocycles. The second kappa shape index (κ2) is 5.48. The predicted octanol–water partition coefficient (Wildman–Crippen LogP) is 1.29. The lowest BCUT2D eigenvalue weighted by Gasteiger charge is -2.16. The Labute approximate surface area is 116 Å². The normalized spacial score (nSPS) is 21.9. The molecule has 0 radical (unpaired) electrons. The first-order chi connectivity index (χ1) is 9.43. The molecule has 108 valence electrons. The number of nitrogen functional groups attached to an aromatic ring is 1. The van der Waals surface area contributed by atoms with Crippen molar-refractivity contribution in [1.29, 1.82) is 0 Å². The number of anilines is 1. The van der Waals surface area contributed by atoms with Crippen molar-refractivity contribution in [2.45, 2.75) is 6.92 Å². The molecule has 6 heteroatoms. The number of nitrogens with zero attached hydrogens (tertiary/aromatic N) is 1. The van der Waals surface area contributed by atoms with E-state index in [2.05, 4.69) is 0 Å². The fourth-order valence-electron chi connectivity index (χ4n) is 2.47. The zero-order valence-electron chi connectivity index (χ0n) is 11.4. The number of rotatable bonds is 2. The van der Waals surface area contributed by atoms with E-state index in [1.165, 1.54) is 30.2 Å². The standard InChI is InChI=1S/C14H17FN2O3/c1-8-6-17(7-11(8)14(19)20-2)13(18)10-5-9(16)3-4-12(10)15/h3-5,8,11H,6-7,16H2,1-2H3. The molecule has 0 bridgehead atoms. The summed E-state index contributed by atoms with van der Waals surface area (Å²) in [6.07, 6.45) is 0. The van der Waals surface area contributed by atoms with Gasteiger partial charge in [-0.05, 0) is 24.1 Å². The second-order valence-electron chi connectivity index (χ2n) is 5.06. The van der Waals surface area contributed by atoms with Gasteiger partial charge in [-0.2, -0.15) is 0 Å². The number of hydrogen-bond acceptors (Lipinski definition) is 4. The molecule has 1 aliphatic rings. The summed E-state index contributed by atoms with van der Waals surface area (Å²) in [6.45, 7) is 2.50. The quantitative estimate of drug-likeness (QED) is 0.654. The summed E-state index contributed by atoms with van der Waals surface area (Å²) >= 11 is 0. The first kappa shape index (κ1) is 14.3. The molecule has 20 heavy (non-hydrogen) atoms. The van der Waals surface area contributed by atoms with Gasteiger partial charge in [0.25, 0.3) is 5.91 Å². The SMILES string of the molecule is COC(=O)C1CN(C(=O)c2cc(N)ccc2F)CC1C. The molecule has 2 N–H and O–H groups in total. The van der Waals surface area contributed by atoms with Crippen molar-refractivity contribution >= 4 is 17.6 Å². The van der Waals surface area contributed by atoms with Crippen molar-refractivity contribution in [3.05, 3.63) is 29.6 Å². The molecule has 1 aromatic carbocycles. The third kappa shape index (κ3) is 2.59. The monoisotopic (exact) mass is 280 g/mol. The maximum Gasteiger partial charge on any atom is 0.310 e. The van der Waals surface area contributed by atoms with Gasteiger partial charge in [-0.1, -0.05) is 6.92 Å². The van der Waals surface area contributed by atoms with Gasteiger partial charge in [0.15, 0.2) is 0 Å². The largest absolute Gasteiger partial charge is 0.469 e. The molecule has 1 amide bonds. The Balaban J connectivity index is 2.19. The summed E-state index contributed by atoms with van der Waals surface area (Å²) in [5.41, 5.74) is 5.84. The summed E-state index contributed by atoms with van der Waals surface area (Å²) in [6, 6.07) is 3.88. The predicted molar refractivity (Wildman–Crippen MR) is 71.4 cm³/mol. The highest BCUT2D eigenvalue weighted by Gasteiger charge is 2.38. The molecule has 1 heterocycles. The van der Waals surface area contributed by atoms with Crippen LogP contribution in [0.4, 0.5) is 10.1 Å². The minimum atomic E-state index is -0.613. The number of carbonyl (C=O) groups excluding carboxylic acids is 2. The van der Waals surface area contributed by atoms with Crippen LogP contribution in [-0.2, 0) is 9.53 Å². The zero-order valence-corrected chi connectivity index (χ0v) is 11.4. The summed E-state index contributed by atoms with van der Waals surface area (Å²) in [5.74, 6) is -1.80. The zero-order chi connectivity index (χ0) is 14.9. The van der Waals surface area contributed by atoms with E-state index in [1.807, 2.05) is 6.92 Å². The van der Waals surface area contributed by atoms with E-state index in [0.717, 1.165) is 0 Å². The maximum absolute atomic E-state index is 13.7. The van der Waals surface area contributed by atoms with E-state index in [-0.39, 0.29) is 29.9 Å². The van der Waals surface area contributed by atoms with Crippen LogP contribution in [0.3, 0.4) is 0 Å². The number of likely N-dealkylation sites (tertiary alicyclic amines) is 1. The Morgan fingerprint density at radius 3 is 2.75 bits per heavy atom. The fourth-order valence-corrected chi connectivity index (χ4v) is 2.47. The number of carbonyl (C=O) groups is 2. The lowest BCUT2D eigenvalue weighted by Crippen LogP contribution is -2.30. The maximum atomic E-state index is 13.7. The van der Waals surface area contributed by atoms with Gasteiger partial charge in [0.1, 0.15) is 5.82 Å². The molecule has 1 saturated heterocycles. The van der Waals surface area contributed by atoms with Gasteiger partial charge in [-0.25, -0.2) is 4.39 Å². The Hall–Kier alpha value is -2.11. The van der Waals surface area contributed by atoms with Crippen LogP contribution in [0.2, 0.25) is 0 Å². The Morgan fingerprint density at radius 1 is 1.40 bits per heavy atom. The van der Waals surface area contributed by atoms with Crippen molar-refractivity contribution < 1.29 is 18.7 Å². The smallest absolute Gasteiger partial charge is 0.310 e. The minimum absolute atomic E-state index is 0.0180. The Morgan fingerprint density at radius 2 is 2.10 bits per heavy atom. The minimum Gasteiger partial charge on any atom is -0.469 e. The van der Waals surface area contributed by atoms with Crippen LogP contribution >= 0.6 is 0 Å². The van der Waals surface area contributed by atoms with E-state index < -0.39 is 11.7 Å². The number of hydrogen-bond donors (Lipinski definition) is 1. The Kier molecular flexibility index (Phi) is 3.92. The first-order valence-electron chi connectivity index (χ1n) is 6.36. The molecular formula is C14H17FN2O3. The van der Waals surface area contributed by atoms with Crippen LogP contribution in [0.1, 0.15) is 17.3 Å². The van der Waals surface area contributed by atoms with Crippen LogP contribution in [0.25, 0.3) is 0 Å². The molecule has 0 aromatic heterocycles. The highest BCUT2D eigenvalue weighted by molar-refractivity contribution is 5.96. The molecule has 0 saturated carbocycles. The van der Waals surface area contributed by atoms with Gasteiger partial charge in [-0.15, -0.1) is 0 Å². The van der Waals surface area contributed by atoms with Gasteiger partial charge in [0, 0.05) is 18.8 Å². The molecule has 1 fully saturated rings. The van der Waals surface area contributed by atoms with Crippen molar-refractivity contribution in [3.8, 4) is 0 Å². The lowest BCUT2D eigenvalue weighted by molar-refractivity contribution is -0.146. The highest BCUT2D eigenvalue weighted by atomic mass is 19.1. The average molecular weight is 280 g/mol. The van der Waals surface area contributed by atoms with Gasteiger partial charge in [0.2, 0.25) is 0 Å². The van der Waals surface area contributed by atoms with Crippen molar-refractivity contribution in [2.24, 2.45) is 11.8 Å². The molecule has 1 aliphatic heterocycles. The van der Waals surface area contributed by atoms with Crippen LogP contribution in [0.15, 0.2) is 18.2 Å². The summed E-state index contributed by atoms with van der Waals surface area (Å²) < 4.78 is 18.4. The molecular weight excluding hydrogens is 263 g/mol. The van der Waals surface area contributed by atoms with E-state index in [1.54, 1.807) is 0 Å². The molecule has 2 unspecified atom stereocenters. The van der Waals surface area contributed by atoms with Crippen LogP contribution in [-0.4, -0.2) is 37.0 Å². The van der Waals surface area contributed by atoms with Gasteiger partial charge in [0.05, 0.1) is 18.6 Å². The molecule has 0 spiro atoms.